The molecule has 1 N–H and O–H groups in total. The summed E-state index contributed by atoms with van der Waals surface area (Å²) in [6, 6.07) is 9.84. The second-order valence-corrected chi connectivity index (χ2v) is 6.34. The van der Waals surface area contributed by atoms with Crippen LogP contribution in [0.1, 0.15) is 11.1 Å². The Morgan fingerprint density at radius 3 is 2.83 bits per heavy atom. The van der Waals surface area contributed by atoms with Crippen molar-refractivity contribution in [2.24, 2.45) is 0 Å². The normalized spacial score (nSPS) is 15.5. The molecule has 3 rings (SSSR count). The predicted molar refractivity (Wildman–Crippen MR) is 90.8 cm³/mol. The fourth-order valence-electron chi connectivity index (χ4n) is 2.58. The molecule has 6 nitrogen and oxygen atoms in total. The highest BCUT2D eigenvalue weighted by molar-refractivity contribution is 7.13. The summed E-state index contributed by atoms with van der Waals surface area (Å²) in [5, 5.41) is 16.2. The molecule has 122 valence electrons. The van der Waals surface area contributed by atoms with Gasteiger partial charge in [0, 0.05) is 43.3 Å². The van der Waals surface area contributed by atoms with E-state index < -0.39 is 0 Å². The van der Waals surface area contributed by atoms with E-state index in [0.29, 0.717) is 6.54 Å². The molecule has 1 fully saturated rings. The Labute approximate surface area is 138 Å². The van der Waals surface area contributed by atoms with Gasteiger partial charge in [-0.1, -0.05) is 29.5 Å². The summed E-state index contributed by atoms with van der Waals surface area (Å²) in [5.41, 5.74) is 3.25. The van der Waals surface area contributed by atoms with Gasteiger partial charge in [0.05, 0.1) is 18.1 Å². The number of nitrogens with zero attached hydrogens (tertiary/aromatic N) is 2. The maximum absolute atomic E-state index is 10.7. The molecule has 1 saturated heterocycles. The van der Waals surface area contributed by atoms with Crippen LogP contribution in [0.5, 0.6) is 0 Å². The molecule has 7 heteroatoms. The van der Waals surface area contributed by atoms with Gasteiger partial charge in [-0.05, 0) is 17.2 Å². The maximum Gasteiger partial charge on any atom is 0.324 e. The van der Waals surface area contributed by atoms with Crippen molar-refractivity contribution in [2.45, 2.75) is 13.1 Å². The van der Waals surface area contributed by atoms with E-state index in [9.17, 15) is 10.1 Å². The zero-order valence-electron chi connectivity index (χ0n) is 12.7. The Morgan fingerprint density at radius 1 is 1.30 bits per heavy atom. The minimum Gasteiger partial charge on any atom is -0.381 e. The second-order valence-electron chi connectivity index (χ2n) is 5.45. The molecule has 0 radical (unpaired) electrons. The number of rotatable bonds is 6. The first-order chi connectivity index (χ1) is 11.2. The number of para-hydroxylation sites is 1. The Balaban J connectivity index is 1.63. The number of ether oxygens (including phenoxy) is 1. The van der Waals surface area contributed by atoms with Gasteiger partial charge < -0.3 is 10.1 Å². The van der Waals surface area contributed by atoms with E-state index in [1.165, 1.54) is 5.56 Å². The molecule has 2 aromatic rings. The number of anilines is 1. The smallest absolute Gasteiger partial charge is 0.324 e. The van der Waals surface area contributed by atoms with Crippen LogP contribution in [-0.2, 0) is 17.8 Å². The summed E-state index contributed by atoms with van der Waals surface area (Å²) in [5.74, 6) is 0. The lowest BCUT2D eigenvalue weighted by Crippen LogP contribution is -2.35. The zero-order valence-corrected chi connectivity index (χ0v) is 13.6. The average molecular weight is 333 g/mol. The highest BCUT2D eigenvalue weighted by atomic mass is 32.1. The van der Waals surface area contributed by atoms with Crippen LogP contribution < -0.4 is 5.32 Å². The van der Waals surface area contributed by atoms with Gasteiger partial charge in [0.1, 0.15) is 0 Å². The average Bonchev–Trinajstić information content (AvgIpc) is 3.04. The number of morpholine rings is 1. The molecule has 0 aliphatic carbocycles. The molecule has 23 heavy (non-hydrogen) atoms. The first kappa shape index (κ1) is 15.9. The van der Waals surface area contributed by atoms with Crippen molar-refractivity contribution in [1.82, 2.24) is 4.90 Å². The van der Waals surface area contributed by atoms with Crippen molar-refractivity contribution in [3.63, 3.8) is 0 Å². The molecule has 0 unspecified atom stereocenters. The van der Waals surface area contributed by atoms with E-state index in [-0.39, 0.29) is 9.92 Å². The van der Waals surface area contributed by atoms with Gasteiger partial charge in [-0.15, -0.1) is 0 Å². The lowest BCUT2D eigenvalue weighted by Gasteiger charge is -2.27. The fraction of sp³-hybridized carbons (Fsp3) is 0.375. The van der Waals surface area contributed by atoms with Crippen LogP contribution in [0.3, 0.4) is 0 Å². The lowest BCUT2D eigenvalue weighted by molar-refractivity contribution is -0.380. The standard InChI is InChI=1S/C16H19N3O3S/c20-19(21)16-9-13(12-23-16)10-17-15-4-2-1-3-14(15)11-18-5-7-22-8-6-18/h1-4,9,12,17H,5-8,10-11H2. The minimum absolute atomic E-state index is 0.184. The largest absolute Gasteiger partial charge is 0.381 e. The SMILES string of the molecule is O=[N+]([O-])c1cc(CNc2ccccc2CN2CCOCC2)cs1. The van der Waals surface area contributed by atoms with Crippen molar-refractivity contribution < 1.29 is 9.66 Å². The summed E-state index contributed by atoms with van der Waals surface area (Å²) < 4.78 is 5.38. The van der Waals surface area contributed by atoms with Gasteiger partial charge >= 0.3 is 5.00 Å². The molecule has 1 aliphatic rings. The van der Waals surface area contributed by atoms with Gasteiger partial charge in [-0.2, -0.15) is 0 Å². The summed E-state index contributed by atoms with van der Waals surface area (Å²) in [4.78, 5) is 12.8. The molecule has 0 saturated carbocycles. The molecule has 1 aliphatic heterocycles. The molecule has 0 atom stereocenters. The summed E-state index contributed by atoms with van der Waals surface area (Å²) in [7, 11) is 0. The fourth-order valence-corrected chi connectivity index (χ4v) is 3.31. The third-order valence-electron chi connectivity index (χ3n) is 3.82. The molecule has 0 spiro atoms. The van der Waals surface area contributed by atoms with Crippen molar-refractivity contribution in [3.05, 3.63) is 57.0 Å². The number of nitro groups is 1. The monoisotopic (exact) mass is 333 g/mol. The van der Waals surface area contributed by atoms with Gasteiger partial charge in [0.25, 0.3) is 0 Å². The molecule has 0 amide bonds. The summed E-state index contributed by atoms with van der Waals surface area (Å²) >= 11 is 1.16. The number of hydrogen-bond acceptors (Lipinski definition) is 6. The lowest BCUT2D eigenvalue weighted by atomic mass is 10.1. The zero-order chi connectivity index (χ0) is 16.1. The highest BCUT2D eigenvalue weighted by Gasteiger charge is 2.13. The summed E-state index contributed by atoms with van der Waals surface area (Å²) in [6.45, 7) is 4.94. The number of benzene rings is 1. The highest BCUT2D eigenvalue weighted by Crippen LogP contribution is 2.24. The Hall–Kier alpha value is -1.96. The van der Waals surface area contributed by atoms with E-state index in [2.05, 4.69) is 22.3 Å². The van der Waals surface area contributed by atoms with Gasteiger partial charge in [-0.25, -0.2) is 0 Å². The van der Waals surface area contributed by atoms with E-state index in [0.717, 1.165) is 55.4 Å². The van der Waals surface area contributed by atoms with E-state index in [1.54, 1.807) is 6.07 Å². The third kappa shape index (κ3) is 4.28. The Morgan fingerprint density at radius 2 is 2.09 bits per heavy atom. The van der Waals surface area contributed by atoms with Crippen LogP contribution in [0.15, 0.2) is 35.7 Å². The number of nitrogens with one attached hydrogen (secondary N) is 1. The van der Waals surface area contributed by atoms with Crippen molar-refractivity contribution in [3.8, 4) is 0 Å². The first-order valence-electron chi connectivity index (χ1n) is 7.56. The first-order valence-corrected chi connectivity index (χ1v) is 8.44. The number of hydrogen-bond donors (Lipinski definition) is 1. The maximum atomic E-state index is 10.7. The molecule has 1 aromatic carbocycles. The molecule has 0 bridgehead atoms. The van der Waals surface area contributed by atoms with Gasteiger partial charge in [0.2, 0.25) is 0 Å². The number of thiophene rings is 1. The topological polar surface area (TPSA) is 67.6 Å². The Bertz CT molecular complexity index is 668. The summed E-state index contributed by atoms with van der Waals surface area (Å²) in [6.07, 6.45) is 0. The third-order valence-corrected chi connectivity index (χ3v) is 4.75. The van der Waals surface area contributed by atoms with Gasteiger partial charge in [0.15, 0.2) is 0 Å². The van der Waals surface area contributed by atoms with Crippen LogP contribution in [0, 0.1) is 10.1 Å². The van der Waals surface area contributed by atoms with E-state index in [1.807, 2.05) is 17.5 Å². The van der Waals surface area contributed by atoms with Crippen molar-refractivity contribution >= 4 is 22.0 Å². The van der Waals surface area contributed by atoms with Crippen LogP contribution in [0.25, 0.3) is 0 Å². The second kappa shape index (κ2) is 7.54. The van der Waals surface area contributed by atoms with Crippen molar-refractivity contribution in [1.29, 1.82) is 0 Å². The van der Waals surface area contributed by atoms with Crippen LogP contribution in [-0.4, -0.2) is 36.1 Å². The van der Waals surface area contributed by atoms with Crippen LogP contribution in [0.2, 0.25) is 0 Å². The minimum atomic E-state index is -0.347. The molecular weight excluding hydrogens is 314 g/mol. The van der Waals surface area contributed by atoms with Crippen LogP contribution in [0.4, 0.5) is 10.7 Å². The quantitative estimate of drug-likeness (QED) is 0.650. The van der Waals surface area contributed by atoms with Crippen molar-refractivity contribution in [2.75, 3.05) is 31.6 Å². The predicted octanol–water partition coefficient (Wildman–Crippen LogP) is 3.10. The Kier molecular flexibility index (Phi) is 5.22. The van der Waals surface area contributed by atoms with E-state index in [4.69, 9.17) is 4.74 Å². The van der Waals surface area contributed by atoms with E-state index >= 15 is 0 Å². The molecule has 1 aromatic heterocycles. The molecule has 2 heterocycles. The van der Waals surface area contributed by atoms with Crippen LogP contribution >= 0.6 is 11.3 Å². The molecular formula is C16H19N3O3S. The van der Waals surface area contributed by atoms with Gasteiger partial charge in [-0.3, -0.25) is 15.0 Å².